The lowest BCUT2D eigenvalue weighted by Crippen LogP contribution is -2.29. The summed E-state index contributed by atoms with van der Waals surface area (Å²) < 4.78 is 0.890. The Morgan fingerprint density at radius 3 is 2.55 bits per heavy atom. The van der Waals surface area contributed by atoms with Gasteiger partial charge in [-0.2, -0.15) is 0 Å². The summed E-state index contributed by atoms with van der Waals surface area (Å²) in [4.78, 5) is 14.1. The Labute approximate surface area is 144 Å². The number of aryl methyl sites for hydroxylation is 1. The predicted molar refractivity (Wildman–Crippen MR) is 95.3 cm³/mol. The lowest BCUT2D eigenvalue weighted by Gasteiger charge is -2.17. The SMILES string of the molecule is Cc1ccc(NC(=O)CN(C)Cc2ccc(Cl)cc2)c(Br)c1. The van der Waals surface area contributed by atoms with Gasteiger partial charge in [-0.15, -0.1) is 0 Å². The van der Waals surface area contributed by atoms with Crippen LogP contribution >= 0.6 is 27.5 Å². The van der Waals surface area contributed by atoms with Crippen LogP contribution in [0.3, 0.4) is 0 Å². The van der Waals surface area contributed by atoms with Gasteiger partial charge in [0, 0.05) is 16.0 Å². The Bertz CT molecular complexity index is 658. The molecule has 2 aromatic carbocycles. The minimum atomic E-state index is -0.0407. The van der Waals surface area contributed by atoms with Gasteiger partial charge in [-0.25, -0.2) is 0 Å². The highest BCUT2D eigenvalue weighted by Crippen LogP contribution is 2.23. The van der Waals surface area contributed by atoms with Crippen LogP contribution in [0.2, 0.25) is 5.02 Å². The molecule has 0 heterocycles. The molecule has 0 unspecified atom stereocenters. The van der Waals surface area contributed by atoms with E-state index in [1.165, 1.54) is 0 Å². The van der Waals surface area contributed by atoms with Gasteiger partial charge in [0.1, 0.15) is 0 Å². The maximum absolute atomic E-state index is 12.1. The predicted octanol–water partition coefficient (Wildman–Crippen LogP) is 4.48. The minimum absolute atomic E-state index is 0.0407. The average molecular weight is 382 g/mol. The number of rotatable bonds is 5. The quantitative estimate of drug-likeness (QED) is 0.828. The first kappa shape index (κ1) is 17.0. The molecule has 2 aromatic rings. The minimum Gasteiger partial charge on any atom is -0.324 e. The van der Waals surface area contributed by atoms with Crippen molar-refractivity contribution in [2.24, 2.45) is 0 Å². The van der Waals surface area contributed by atoms with Crippen LogP contribution in [0.5, 0.6) is 0 Å². The number of carbonyl (C=O) groups excluding carboxylic acids is 1. The van der Waals surface area contributed by atoms with Gasteiger partial charge >= 0.3 is 0 Å². The second-order valence-corrected chi connectivity index (χ2v) is 6.62. The maximum Gasteiger partial charge on any atom is 0.238 e. The van der Waals surface area contributed by atoms with Gasteiger partial charge < -0.3 is 5.32 Å². The number of hydrogen-bond acceptors (Lipinski definition) is 2. The summed E-state index contributed by atoms with van der Waals surface area (Å²) in [6.07, 6.45) is 0. The van der Waals surface area contributed by atoms with Crippen molar-refractivity contribution in [2.45, 2.75) is 13.5 Å². The molecule has 0 atom stereocenters. The number of amides is 1. The van der Waals surface area contributed by atoms with E-state index in [4.69, 9.17) is 11.6 Å². The van der Waals surface area contributed by atoms with Crippen LogP contribution < -0.4 is 5.32 Å². The molecule has 2 rings (SSSR count). The molecule has 116 valence electrons. The number of nitrogens with one attached hydrogen (secondary N) is 1. The smallest absolute Gasteiger partial charge is 0.238 e. The fraction of sp³-hybridized carbons (Fsp3) is 0.235. The Morgan fingerprint density at radius 1 is 1.23 bits per heavy atom. The number of benzene rings is 2. The molecule has 0 aliphatic rings. The largest absolute Gasteiger partial charge is 0.324 e. The fourth-order valence-electron chi connectivity index (χ4n) is 2.11. The van der Waals surface area contributed by atoms with Crippen molar-refractivity contribution in [1.29, 1.82) is 0 Å². The number of nitrogens with zero attached hydrogens (tertiary/aromatic N) is 1. The highest BCUT2D eigenvalue weighted by molar-refractivity contribution is 9.10. The molecule has 0 spiro atoms. The topological polar surface area (TPSA) is 32.3 Å². The molecule has 0 radical (unpaired) electrons. The first-order valence-electron chi connectivity index (χ1n) is 6.93. The van der Waals surface area contributed by atoms with Crippen LogP contribution in [0.15, 0.2) is 46.9 Å². The molecule has 5 heteroatoms. The average Bonchev–Trinajstić information content (AvgIpc) is 2.44. The van der Waals surface area contributed by atoms with Gasteiger partial charge in [0.25, 0.3) is 0 Å². The van der Waals surface area contributed by atoms with Crippen molar-refractivity contribution >= 4 is 39.1 Å². The van der Waals surface area contributed by atoms with E-state index < -0.39 is 0 Å². The second-order valence-electron chi connectivity index (χ2n) is 5.33. The van der Waals surface area contributed by atoms with Crippen LogP contribution in [0.4, 0.5) is 5.69 Å². The highest BCUT2D eigenvalue weighted by atomic mass is 79.9. The molecule has 0 saturated heterocycles. The molecular weight excluding hydrogens is 364 g/mol. The molecule has 3 nitrogen and oxygen atoms in total. The normalized spacial score (nSPS) is 10.8. The molecule has 0 bridgehead atoms. The summed E-state index contributed by atoms with van der Waals surface area (Å²) >= 11 is 9.33. The van der Waals surface area contributed by atoms with Crippen molar-refractivity contribution < 1.29 is 4.79 Å². The molecular formula is C17H18BrClN2O. The molecule has 0 fully saturated rings. The Kier molecular flexibility index (Phi) is 6.00. The summed E-state index contributed by atoms with van der Waals surface area (Å²) in [5.41, 5.74) is 3.05. The van der Waals surface area contributed by atoms with E-state index in [1.54, 1.807) is 0 Å². The third-order valence-corrected chi connectivity index (χ3v) is 4.09. The van der Waals surface area contributed by atoms with Crippen molar-refractivity contribution in [1.82, 2.24) is 4.90 Å². The summed E-state index contributed by atoms with van der Waals surface area (Å²) in [5.74, 6) is -0.0407. The molecule has 0 saturated carbocycles. The molecule has 0 aromatic heterocycles. The summed E-state index contributed by atoms with van der Waals surface area (Å²) in [5, 5.41) is 3.63. The van der Waals surface area contributed by atoms with Gasteiger partial charge in [0.2, 0.25) is 5.91 Å². The summed E-state index contributed by atoms with van der Waals surface area (Å²) in [6, 6.07) is 13.5. The highest BCUT2D eigenvalue weighted by Gasteiger charge is 2.09. The molecule has 0 aliphatic carbocycles. The third-order valence-electron chi connectivity index (χ3n) is 3.18. The number of anilines is 1. The van der Waals surface area contributed by atoms with Crippen molar-refractivity contribution in [3.8, 4) is 0 Å². The van der Waals surface area contributed by atoms with Gasteiger partial charge in [-0.3, -0.25) is 9.69 Å². The second kappa shape index (κ2) is 7.77. The zero-order chi connectivity index (χ0) is 16.1. The van der Waals surface area contributed by atoms with E-state index >= 15 is 0 Å². The Balaban J connectivity index is 1.89. The first-order chi connectivity index (χ1) is 10.4. The third kappa shape index (κ3) is 5.13. The van der Waals surface area contributed by atoms with Gasteiger partial charge in [0.15, 0.2) is 0 Å². The van der Waals surface area contributed by atoms with E-state index in [0.717, 1.165) is 21.3 Å². The summed E-state index contributed by atoms with van der Waals surface area (Å²) in [7, 11) is 1.92. The van der Waals surface area contributed by atoms with Crippen LogP contribution in [-0.2, 0) is 11.3 Å². The monoisotopic (exact) mass is 380 g/mol. The number of hydrogen-bond donors (Lipinski definition) is 1. The van der Waals surface area contributed by atoms with E-state index in [2.05, 4.69) is 21.2 Å². The Hall–Kier alpha value is -1.36. The van der Waals surface area contributed by atoms with Gasteiger partial charge in [0.05, 0.1) is 12.2 Å². The van der Waals surface area contributed by atoms with Crippen molar-refractivity contribution in [3.05, 3.63) is 63.1 Å². The first-order valence-corrected chi connectivity index (χ1v) is 8.10. The van der Waals surface area contributed by atoms with E-state index in [9.17, 15) is 4.79 Å². The van der Waals surface area contributed by atoms with Gasteiger partial charge in [-0.05, 0) is 65.3 Å². The van der Waals surface area contributed by atoms with Crippen LogP contribution in [0, 0.1) is 6.92 Å². The number of likely N-dealkylation sites (N-methyl/N-ethyl adjacent to an activating group) is 1. The van der Waals surface area contributed by atoms with Crippen LogP contribution in [0.25, 0.3) is 0 Å². The van der Waals surface area contributed by atoms with Crippen LogP contribution in [-0.4, -0.2) is 24.4 Å². The van der Waals surface area contributed by atoms with Crippen molar-refractivity contribution in [2.75, 3.05) is 18.9 Å². The number of carbonyl (C=O) groups is 1. The van der Waals surface area contributed by atoms with Crippen LogP contribution in [0.1, 0.15) is 11.1 Å². The molecule has 0 aliphatic heterocycles. The molecule has 22 heavy (non-hydrogen) atoms. The molecule has 1 amide bonds. The van der Waals surface area contributed by atoms with Gasteiger partial charge in [-0.1, -0.05) is 29.8 Å². The number of halogens is 2. The molecule has 1 N–H and O–H groups in total. The van der Waals surface area contributed by atoms with E-state index in [-0.39, 0.29) is 5.91 Å². The lowest BCUT2D eigenvalue weighted by atomic mass is 10.2. The van der Waals surface area contributed by atoms with E-state index in [0.29, 0.717) is 18.1 Å². The maximum atomic E-state index is 12.1. The van der Waals surface area contributed by atoms with E-state index in [1.807, 2.05) is 61.3 Å². The fourth-order valence-corrected chi connectivity index (χ4v) is 2.83. The van der Waals surface area contributed by atoms with Crippen molar-refractivity contribution in [3.63, 3.8) is 0 Å². The lowest BCUT2D eigenvalue weighted by molar-refractivity contribution is -0.117. The zero-order valence-corrected chi connectivity index (χ0v) is 14.9. The zero-order valence-electron chi connectivity index (χ0n) is 12.6. The Morgan fingerprint density at radius 2 is 1.91 bits per heavy atom. The summed E-state index contributed by atoms with van der Waals surface area (Å²) in [6.45, 7) is 3.03. The standard InChI is InChI=1S/C17H18BrClN2O/c1-12-3-8-16(15(18)9-12)20-17(22)11-21(2)10-13-4-6-14(19)7-5-13/h3-9H,10-11H2,1-2H3,(H,20,22).